The Morgan fingerprint density at radius 1 is 1.28 bits per heavy atom. The number of aromatic nitrogens is 4. The first kappa shape index (κ1) is 11.3. The highest BCUT2D eigenvalue weighted by molar-refractivity contribution is 5.52. The fourth-order valence-electron chi connectivity index (χ4n) is 2.44. The fourth-order valence-corrected chi connectivity index (χ4v) is 2.44. The average molecular weight is 243 g/mol. The molecule has 0 aromatic carbocycles. The maximum absolute atomic E-state index is 4.75. The molecule has 0 saturated carbocycles. The minimum Gasteiger partial charge on any atom is -0.317 e. The monoisotopic (exact) mass is 243 g/mol. The summed E-state index contributed by atoms with van der Waals surface area (Å²) in [5.41, 5.74) is 3.03. The molecule has 3 heterocycles. The molecule has 0 aliphatic carbocycles. The van der Waals surface area contributed by atoms with Crippen LogP contribution in [-0.4, -0.2) is 32.8 Å². The first-order valence-electron chi connectivity index (χ1n) is 6.35. The van der Waals surface area contributed by atoms with Gasteiger partial charge in [-0.15, -0.1) is 0 Å². The van der Waals surface area contributed by atoms with Crippen LogP contribution in [-0.2, 0) is 7.05 Å². The van der Waals surface area contributed by atoms with Gasteiger partial charge in [0.15, 0.2) is 0 Å². The number of aryl methyl sites for hydroxylation is 1. The number of nitrogens with one attached hydrogen (secondary N) is 1. The predicted molar refractivity (Wildman–Crippen MR) is 69.1 cm³/mol. The van der Waals surface area contributed by atoms with Crippen LogP contribution in [0.15, 0.2) is 24.7 Å². The van der Waals surface area contributed by atoms with E-state index in [1.54, 1.807) is 6.20 Å². The van der Waals surface area contributed by atoms with E-state index in [1.807, 2.05) is 30.2 Å². The van der Waals surface area contributed by atoms with E-state index in [-0.39, 0.29) is 0 Å². The molecule has 1 saturated heterocycles. The van der Waals surface area contributed by atoms with Crippen LogP contribution in [0.2, 0.25) is 0 Å². The summed E-state index contributed by atoms with van der Waals surface area (Å²) in [6, 6.07) is 1.97. The number of rotatable bonds is 2. The Bertz CT molecular complexity index is 528. The van der Waals surface area contributed by atoms with E-state index in [9.17, 15) is 0 Å². The number of piperidine rings is 1. The van der Waals surface area contributed by atoms with Gasteiger partial charge in [-0.3, -0.25) is 9.67 Å². The summed E-state index contributed by atoms with van der Waals surface area (Å²) in [5, 5.41) is 7.55. The molecule has 3 rings (SSSR count). The van der Waals surface area contributed by atoms with Crippen molar-refractivity contribution in [1.29, 1.82) is 0 Å². The van der Waals surface area contributed by atoms with Crippen molar-refractivity contribution in [3.8, 4) is 11.4 Å². The topological polar surface area (TPSA) is 55.6 Å². The molecular weight excluding hydrogens is 226 g/mol. The zero-order valence-electron chi connectivity index (χ0n) is 10.5. The summed E-state index contributed by atoms with van der Waals surface area (Å²) in [6.07, 6.45) is 7.78. The summed E-state index contributed by atoms with van der Waals surface area (Å²) in [7, 11) is 1.92. The lowest BCUT2D eigenvalue weighted by atomic mass is 9.95. The first-order chi connectivity index (χ1) is 8.84. The van der Waals surface area contributed by atoms with Gasteiger partial charge >= 0.3 is 0 Å². The van der Waals surface area contributed by atoms with Crippen LogP contribution in [0, 0.1) is 0 Å². The molecule has 5 nitrogen and oxygen atoms in total. The second-order valence-corrected chi connectivity index (χ2v) is 4.69. The highest BCUT2D eigenvalue weighted by atomic mass is 15.3. The van der Waals surface area contributed by atoms with E-state index in [4.69, 9.17) is 4.98 Å². The van der Waals surface area contributed by atoms with Gasteiger partial charge in [0.1, 0.15) is 5.69 Å². The highest BCUT2D eigenvalue weighted by Crippen LogP contribution is 2.24. The second kappa shape index (κ2) is 4.86. The van der Waals surface area contributed by atoms with Crippen LogP contribution in [0.1, 0.15) is 24.5 Å². The summed E-state index contributed by atoms with van der Waals surface area (Å²) >= 11 is 0. The van der Waals surface area contributed by atoms with Gasteiger partial charge in [0.2, 0.25) is 0 Å². The van der Waals surface area contributed by atoms with Gasteiger partial charge < -0.3 is 5.32 Å². The molecule has 1 aliphatic heterocycles. The Hall–Kier alpha value is -1.75. The average Bonchev–Trinajstić information content (AvgIpc) is 2.86. The summed E-state index contributed by atoms with van der Waals surface area (Å²) < 4.78 is 1.83. The first-order valence-corrected chi connectivity index (χ1v) is 6.35. The predicted octanol–water partition coefficient (Wildman–Crippen LogP) is 1.34. The minimum atomic E-state index is 0.534. The molecule has 2 aromatic heterocycles. The lowest BCUT2D eigenvalue weighted by Gasteiger charge is -2.22. The van der Waals surface area contributed by atoms with E-state index in [2.05, 4.69) is 15.4 Å². The van der Waals surface area contributed by atoms with Crippen molar-refractivity contribution in [2.45, 2.75) is 18.8 Å². The fraction of sp³-hybridized carbons (Fsp3) is 0.462. The molecule has 1 fully saturated rings. The second-order valence-electron chi connectivity index (χ2n) is 4.69. The maximum atomic E-state index is 4.75. The molecule has 0 atom stereocenters. The van der Waals surface area contributed by atoms with Crippen molar-refractivity contribution in [3.05, 3.63) is 30.4 Å². The van der Waals surface area contributed by atoms with Crippen LogP contribution >= 0.6 is 0 Å². The van der Waals surface area contributed by atoms with Crippen LogP contribution in [0.3, 0.4) is 0 Å². The third-order valence-electron chi connectivity index (χ3n) is 3.49. The van der Waals surface area contributed by atoms with Gasteiger partial charge in [-0.25, -0.2) is 4.98 Å². The molecule has 0 amide bonds. The Morgan fingerprint density at radius 2 is 2.11 bits per heavy atom. The molecule has 0 bridgehead atoms. The highest BCUT2D eigenvalue weighted by Gasteiger charge is 2.17. The van der Waals surface area contributed by atoms with Gasteiger partial charge in [-0.05, 0) is 32.0 Å². The Labute approximate surface area is 106 Å². The van der Waals surface area contributed by atoms with Gasteiger partial charge in [0.25, 0.3) is 0 Å². The Morgan fingerprint density at radius 3 is 2.83 bits per heavy atom. The summed E-state index contributed by atoms with van der Waals surface area (Å²) in [4.78, 5) is 9.08. The quantitative estimate of drug-likeness (QED) is 0.865. The summed E-state index contributed by atoms with van der Waals surface area (Å²) in [6.45, 7) is 2.14. The van der Waals surface area contributed by atoms with Crippen molar-refractivity contribution >= 4 is 0 Å². The molecule has 1 N–H and O–H groups in total. The van der Waals surface area contributed by atoms with E-state index < -0.39 is 0 Å². The number of nitrogens with zero attached hydrogens (tertiary/aromatic N) is 4. The van der Waals surface area contributed by atoms with E-state index in [0.29, 0.717) is 5.92 Å². The van der Waals surface area contributed by atoms with Crippen LogP contribution < -0.4 is 5.32 Å². The van der Waals surface area contributed by atoms with Crippen LogP contribution in [0.5, 0.6) is 0 Å². The van der Waals surface area contributed by atoms with Crippen molar-refractivity contribution in [1.82, 2.24) is 25.1 Å². The SMILES string of the molecule is Cn1nccc1-c1cncc(C2CCNCC2)n1. The van der Waals surface area contributed by atoms with E-state index in [0.717, 1.165) is 43.0 Å². The van der Waals surface area contributed by atoms with Crippen molar-refractivity contribution in [2.24, 2.45) is 7.05 Å². The molecule has 1 aliphatic rings. The molecular formula is C13H17N5. The number of hydrogen-bond donors (Lipinski definition) is 1. The van der Waals surface area contributed by atoms with Gasteiger partial charge in [0, 0.05) is 25.4 Å². The molecule has 0 spiro atoms. The van der Waals surface area contributed by atoms with Crippen LogP contribution in [0.4, 0.5) is 0 Å². The smallest absolute Gasteiger partial charge is 0.107 e. The lowest BCUT2D eigenvalue weighted by molar-refractivity contribution is 0.452. The van der Waals surface area contributed by atoms with E-state index >= 15 is 0 Å². The van der Waals surface area contributed by atoms with Gasteiger partial charge in [-0.1, -0.05) is 0 Å². The zero-order valence-corrected chi connectivity index (χ0v) is 10.5. The lowest BCUT2D eigenvalue weighted by Crippen LogP contribution is -2.27. The van der Waals surface area contributed by atoms with Crippen molar-refractivity contribution in [3.63, 3.8) is 0 Å². The largest absolute Gasteiger partial charge is 0.317 e. The molecule has 94 valence electrons. The molecule has 18 heavy (non-hydrogen) atoms. The standard InChI is InChI=1S/C13H17N5/c1-18-13(4-7-16-18)12-9-15-8-11(17-12)10-2-5-14-6-3-10/h4,7-10,14H,2-3,5-6H2,1H3. The third-order valence-corrected chi connectivity index (χ3v) is 3.49. The van der Waals surface area contributed by atoms with E-state index in [1.165, 1.54) is 0 Å². The molecule has 2 aromatic rings. The summed E-state index contributed by atoms with van der Waals surface area (Å²) in [5.74, 6) is 0.534. The molecule has 0 unspecified atom stereocenters. The van der Waals surface area contributed by atoms with Gasteiger partial charge in [0.05, 0.1) is 17.6 Å². The zero-order chi connectivity index (χ0) is 12.4. The number of hydrogen-bond acceptors (Lipinski definition) is 4. The molecule has 5 heteroatoms. The Balaban J connectivity index is 1.91. The van der Waals surface area contributed by atoms with Gasteiger partial charge in [-0.2, -0.15) is 5.10 Å². The molecule has 0 radical (unpaired) electrons. The third kappa shape index (κ3) is 2.13. The van der Waals surface area contributed by atoms with Crippen molar-refractivity contribution < 1.29 is 0 Å². The normalized spacial score (nSPS) is 16.9. The minimum absolute atomic E-state index is 0.534. The van der Waals surface area contributed by atoms with Crippen LogP contribution in [0.25, 0.3) is 11.4 Å². The Kier molecular flexibility index (Phi) is 3.06. The van der Waals surface area contributed by atoms with Crippen molar-refractivity contribution in [2.75, 3.05) is 13.1 Å². The maximum Gasteiger partial charge on any atom is 0.107 e.